The number of nitrogens with zero attached hydrogens (tertiary/aromatic N) is 4. The normalized spacial score (nSPS) is 15.7. The third-order valence-corrected chi connectivity index (χ3v) is 4.72. The predicted molar refractivity (Wildman–Crippen MR) is 85.3 cm³/mol. The number of pyridine rings is 1. The first kappa shape index (κ1) is 13.9. The summed E-state index contributed by atoms with van der Waals surface area (Å²) in [5.74, 6) is 1.28. The number of hydrogen-bond acceptors (Lipinski definition) is 5. The molecule has 106 valence electrons. The molecule has 0 N–H and O–H groups in total. The van der Waals surface area contributed by atoms with Crippen molar-refractivity contribution in [3.63, 3.8) is 0 Å². The number of halogens is 2. The van der Waals surface area contributed by atoms with Gasteiger partial charge in [0, 0.05) is 49.8 Å². The van der Waals surface area contributed by atoms with E-state index in [0.29, 0.717) is 10.9 Å². The van der Waals surface area contributed by atoms with E-state index in [0.717, 1.165) is 42.7 Å². The summed E-state index contributed by atoms with van der Waals surface area (Å²) in [5.41, 5.74) is 0.946. The van der Waals surface area contributed by atoms with Crippen molar-refractivity contribution in [2.75, 3.05) is 36.0 Å². The fraction of sp³-hybridized carbons (Fsp3) is 0.385. The summed E-state index contributed by atoms with van der Waals surface area (Å²) >= 11 is 13.8. The van der Waals surface area contributed by atoms with E-state index in [1.54, 1.807) is 17.5 Å². The van der Waals surface area contributed by atoms with Crippen LogP contribution in [0.2, 0.25) is 5.02 Å². The van der Waals surface area contributed by atoms with E-state index in [2.05, 4.69) is 19.8 Å². The number of anilines is 2. The van der Waals surface area contributed by atoms with Crippen LogP contribution in [0.1, 0.15) is 5.56 Å². The molecular formula is C13H14Cl2N4S. The second-order valence-electron chi connectivity index (χ2n) is 4.57. The van der Waals surface area contributed by atoms with Crippen LogP contribution in [0.5, 0.6) is 0 Å². The van der Waals surface area contributed by atoms with Crippen molar-refractivity contribution in [2.24, 2.45) is 0 Å². The van der Waals surface area contributed by atoms with Crippen molar-refractivity contribution in [3.8, 4) is 0 Å². The smallest absolute Gasteiger partial charge is 0.185 e. The van der Waals surface area contributed by atoms with Gasteiger partial charge in [0.2, 0.25) is 0 Å². The molecule has 0 atom stereocenters. The zero-order valence-corrected chi connectivity index (χ0v) is 13.1. The minimum absolute atomic E-state index is 0.435. The summed E-state index contributed by atoms with van der Waals surface area (Å²) in [5, 5.41) is 3.76. The van der Waals surface area contributed by atoms with Gasteiger partial charge in [-0.05, 0) is 11.6 Å². The van der Waals surface area contributed by atoms with E-state index < -0.39 is 0 Å². The van der Waals surface area contributed by atoms with Gasteiger partial charge in [-0.25, -0.2) is 9.97 Å². The Kier molecular flexibility index (Phi) is 4.29. The maximum Gasteiger partial charge on any atom is 0.185 e. The molecule has 3 heterocycles. The lowest BCUT2D eigenvalue weighted by Gasteiger charge is -2.35. The highest BCUT2D eigenvalue weighted by atomic mass is 35.5. The Balaban J connectivity index is 1.69. The molecule has 1 aliphatic rings. The molecule has 1 fully saturated rings. The van der Waals surface area contributed by atoms with Crippen molar-refractivity contribution in [1.29, 1.82) is 0 Å². The summed E-state index contributed by atoms with van der Waals surface area (Å²) in [6.45, 7) is 3.66. The average molecular weight is 329 g/mol. The minimum atomic E-state index is 0.435. The second-order valence-corrected chi connectivity index (χ2v) is 6.12. The van der Waals surface area contributed by atoms with Gasteiger partial charge in [-0.15, -0.1) is 22.9 Å². The largest absolute Gasteiger partial charge is 0.352 e. The van der Waals surface area contributed by atoms with E-state index in [-0.39, 0.29) is 0 Å². The highest BCUT2D eigenvalue weighted by Crippen LogP contribution is 2.27. The van der Waals surface area contributed by atoms with Gasteiger partial charge in [-0.1, -0.05) is 11.6 Å². The molecule has 0 spiro atoms. The molecule has 0 radical (unpaired) electrons. The molecule has 0 unspecified atom stereocenters. The van der Waals surface area contributed by atoms with Crippen LogP contribution in [0.3, 0.4) is 0 Å². The molecule has 2 aromatic heterocycles. The van der Waals surface area contributed by atoms with Gasteiger partial charge in [0.25, 0.3) is 0 Å². The lowest BCUT2D eigenvalue weighted by atomic mass is 10.3. The van der Waals surface area contributed by atoms with Gasteiger partial charge in [0.05, 0.1) is 5.02 Å². The average Bonchev–Trinajstić information content (AvgIpc) is 3.01. The lowest BCUT2D eigenvalue weighted by molar-refractivity contribution is 0.646. The van der Waals surface area contributed by atoms with Crippen molar-refractivity contribution >= 4 is 45.5 Å². The minimum Gasteiger partial charge on any atom is -0.352 e. The van der Waals surface area contributed by atoms with E-state index in [1.807, 2.05) is 17.6 Å². The van der Waals surface area contributed by atoms with Crippen molar-refractivity contribution in [2.45, 2.75) is 5.88 Å². The summed E-state index contributed by atoms with van der Waals surface area (Å²) < 4.78 is 0. The van der Waals surface area contributed by atoms with Crippen molar-refractivity contribution in [3.05, 3.63) is 34.4 Å². The van der Waals surface area contributed by atoms with Gasteiger partial charge in [0.1, 0.15) is 5.82 Å². The van der Waals surface area contributed by atoms with Crippen LogP contribution in [0.25, 0.3) is 0 Å². The number of hydrogen-bond donors (Lipinski definition) is 0. The fourth-order valence-corrected chi connectivity index (χ4v) is 3.41. The number of thiazole rings is 1. The fourth-order valence-electron chi connectivity index (χ4n) is 2.26. The van der Waals surface area contributed by atoms with Crippen molar-refractivity contribution < 1.29 is 0 Å². The third-order valence-electron chi connectivity index (χ3n) is 3.30. The van der Waals surface area contributed by atoms with Crippen LogP contribution in [0.4, 0.5) is 10.9 Å². The van der Waals surface area contributed by atoms with Gasteiger partial charge < -0.3 is 9.80 Å². The maximum atomic E-state index is 6.29. The Labute approximate surface area is 132 Å². The second kappa shape index (κ2) is 6.16. The zero-order chi connectivity index (χ0) is 13.9. The third kappa shape index (κ3) is 2.85. The molecule has 7 heteroatoms. The van der Waals surface area contributed by atoms with Crippen LogP contribution in [-0.4, -0.2) is 36.1 Å². The number of rotatable bonds is 3. The van der Waals surface area contributed by atoms with Crippen molar-refractivity contribution in [1.82, 2.24) is 9.97 Å². The lowest BCUT2D eigenvalue weighted by Crippen LogP contribution is -2.46. The van der Waals surface area contributed by atoms with Gasteiger partial charge in [0.15, 0.2) is 5.13 Å². The molecule has 2 aromatic rings. The SMILES string of the molecule is ClCc1cnc(N2CCN(c3nccs3)CC2)c(Cl)c1. The molecule has 0 amide bonds. The Bertz CT molecular complexity index is 568. The Morgan fingerprint density at radius 3 is 2.50 bits per heavy atom. The number of alkyl halides is 1. The molecule has 1 aliphatic heterocycles. The van der Waals surface area contributed by atoms with Gasteiger partial charge in [-0.3, -0.25) is 0 Å². The molecule has 1 saturated heterocycles. The number of piperazine rings is 1. The molecule has 20 heavy (non-hydrogen) atoms. The van der Waals surface area contributed by atoms with Crippen LogP contribution in [0.15, 0.2) is 23.8 Å². The van der Waals surface area contributed by atoms with Crippen LogP contribution in [-0.2, 0) is 5.88 Å². The Morgan fingerprint density at radius 2 is 1.90 bits per heavy atom. The summed E-state index contributed by atoms with van der Waals surface area (Å²) in [6.07, 6.45) is 3.64. The van der Waals surface area contributed by atoms with Gasteiger partial charge >= 0.3 is 0 Å². The molecule has 0 bridgehead atoms. The summed E-state index contributed by atoms with van der Waals surface area (Å²) in [7, 11) is 0. The standard InChI is InChI=1S/C13H14Cl2N4S/c14-8-10-7-11(15)12(17-9-10)18-2-4-19(5-3-18)13-16-1-6-20-13/h1,6-7,9H,2-5,8H2. The van der Waals surface area contributed by atoms with E-state index >= 15 is 0 Å². The molecule has 4 nitrogen and oxygen atoms in total. The first-order chi connectivity index (χ1) is 9.78. The first-order valence-electron chi connectivity index (χ1n) is 6.37. The van der Waals surface area contributed by atoms with Crippen LogP contribution in [0, 0.1) is 0 Å². The molecule has 0 aliphatic carbocycles. The Morgan fingerprint density at radius 1 is 1.15 bits per heavy atom. The Hall–Kier alpha value is -1.04. The maximum absolute atomic E-state index is 6.29. The van der Waals surface area contributed by atoms with Gasteiger partial charge in [-0.2, -0.15) is 0 Å². The molecule has 0 saturated carbocycles. The van der Waals surface area contributed by atoms with E-state index in [1.165, 1.54) is 0 Å². The molecule has 3 rings (SSSR count). The molecule has 0 aromatic carbocycles. The zero-order valence-electron chi connectivity index (χ0n) is 10.8. The quantitative estimate of drug-likeness (QED) is 0.809. The van der Waals surface area contributed by atoms with Crippen LogP contribution >= 0.6 is 34.5 Å². The summed E-state index contributed by atoms with van der Waals surface area (Å²) in [4.78, 5) is 13.3. The highest BCUT2D eigenvalue weighted by molar-refractivity contribution is 7.13. The van der Waals surface area contributed by atoms with Crippen LogP contribution < -0.4 is 9.80 Å². The number of aromatic nitrogens is 2. The van der Waals surface area contributed by atoms with E-state index in [4.69, 9.17) is 23.2 Å². The monoisotopic (exact) mass is 328 g/mol. The highest BCUT2D eigenvalue weighted by Gasteiger charge is 2.21. The molecular weight excluding hydrogens is 315 g/mol. The topological polar surface area (TPSA) is 32.3 Å². The van der Waals surface area contributed by atoms with E-state index in [9.17, 15) is 0 Å². The predicted octanol–water partition coefficient (Wildman–Crippen LogP) is 3.26. The summed E-state index contributed by atoms with van der Waals surface area (Å²) in [6, 6.07) is 1.89. The first-order valence-corrected chi connectivity index (χ1v) is 8.17.